The molecule has 2 aliphatic rings. The normalized spacial score (nSPS) is 26.5. The summed E-state index contributed by atoms with van der Waals surface area (Å²) in [5.41, 5.74) is 0. The first-order chi connectivity index (χ1) is 11.8. The number of amides is 1. The van der Waals surface area contributed by atoms with Gasteiger partial charge in [0.2, 0.25) is 5.76 Å². The molecule has 128 valence electrons. The van der Waals surface area contributed by atoms with Crippen molar-refractivity contribution in [2.45, 2.75) is 31.6 Å². The molecule has 1 aliphatic heterocycles. The molecule has 1 aliphatic carbocycles. The number of aromatic nitrogens is 2. The van der Waals surface area contributed by atoms with Gasteiger partial charge in [-0.1, -0.05) is 5.16 Å². The van der Waals surface area contributed by atoms with Crippen molar-refractivity contribution in [3.8, 4) is 0 Å². The van der Waals surface area contributed by atoms with Gasteiger partial charge in [-0.2, -0.15) is 0 Å². The smallest absolute Gasteiger partial charge is 0.292 e. The Balaban J connectivity index is 1.36. The van der Waals surface area contributed by atoms with Gasteiger partial charge in [-0.05, 0) is 12.8 Å². The number of rotatable bonds is 5. The van der Waals surface area contributed by atoms with Crippen molar-refractivity contribution in [3.05, 3.63) is 34.6 Å². The Hall–Kier alpha value is -1.77. The van der Waals surface area contributed by atoms with E-state index in [0.29, 0.717) is 38.0 Å². The lowest BCUT2D eigenvalue weighted by Gasteiger charge is -2.38. The highest BCUT2D eigenvalue weighted by Gasteiger charge is 2.45. The first-order valence-corrected chi connectivity index (χ1v) is 9.00. The fraction of sp³-hybridized carbons (Fsp3) is 0.562. The van der Waals surface area contributed by atoms with E-state index in [-0.39, 0.29) is 18.1 Å². The van der Waals surface area contributed by atoms with E-state index in [2.05, 4.69) is 10.1 Å². The first-order valence-electron chi connectivity index (χ1n) is 8.12. The van der Waals surface area contributed by atoms with Crippen molar-refractivity contribution in [1.82, 2.24) is 15.0 Å². The molecule has 3 unspecified atom stereocenters. The molecule has 8 heteroatoms. The van der Waals surface area contributed by atoms with E-state index < -0.39 is 0 Å². The minimum Gasteiger partial charge on any atom is -0.374 e. The van der Waals surface area contributed by atoms with Gasteiger partial charge < -0.3 is 18.9 Å². The van der Waals surface area contributed by atoms with Gasteiger partial charge in [0.1, 0.15) is 5.01 Å². The van der Waals surface area contributed by atoms with E-state index in [0.717, 1.165) is 17.8 Å². The van der Waals surface area contributed by atoms with Crippen LogP contribution in [0, 0.1) is 5.92 Å². The summed E-state index contributed by atoms with van der Waals surface area (Å²) in [4.78, 5) is 18.7. The summed E-state index contributed by atoms with van der Waals surface area (Å²) in [6.07, 6.45) is 5.23. The largest absolute Gasteiger partial charge is 0.374 e. The van der Waals surface area contributed by atoms with Crippen molar-refractivity contribution in [2.75, 3.05) is 19.8 Å². The highest BCUT2D eigenvalue weighted by atomic mass is 32.1. The van der Waals surface area contributed by atoms with Crippen LogP contribution in [0.15, 0.2) is 28.4 Å². The number of fused-ring (bicyclic) bond motifs is 1. The summed E-state index contributed by atoms with van der Waals surface area (Å²) < 4.78 is 16.8. The minimum atomic E-state index is -0.102. The molecule has 2 aromatic rings. The molecule has 4 rings (SSSR count). The van der Waals surface area contributed by atoms with Crippen LogP contribution >= 0.6 is 11.3 Å². The van der Waals surface area contributed by atoms with Crippen LogP contribution in [0.25, 0.3) is 0 Å². The Labute approximate surface area is 143 Å². The average Bonchev–Trinajstić information content (AvgIpc) is 3.36. The lowest BCUT2D eigenvalue weighted by atomic mass is 10.0. The van der Waals surface area contributed by atoms with Crippen LogP contribution in [0.4, 0.5) is 0 Å². The van der Waals surface area contributed by atoms with Gasteiger partial charge in [-0.15, -0.1) is 11.3 Å². The maximum absolute atomic E-state index is 12.6. The first kappa shape index (κ1) is 15.7. The van der Waals surface area contributed by atoms with Gasteiger partial charge in [0.05, 0.1) is 38.2 Å². The summed E-state index contributed by atoms with van der Waals surface area (Å²) in [6.45, 7) is 2.30. The zero-order valence-electron chi connectivity index (χ0n) is 13.2. The molecule has 3 atom stereocenters. The number of ether oxygens (including phenoxy) is 2. The molecule has 24 heavy (non-hydrogen) atoms. The van der Waals surface area contributed by atoms with E-state index in [1.807, 2.05) is 10.3 Å². The zero-order chi connectivity index (χ0) is 16.4. The van der Waals surface area contributed by atoms with E-state index in [4.69, 9.17) is 14.0 Å². The molecule has 2 aromatic heterocycles. The second kappa shape index (κ2) is 7.00. The standard InChI is InChI=1S/C16H19N3O4S/c20-16(13-3-4-18-23-13)19-6-7-22-15-11(1-2-12(15)19)9-21-10-14-17-5-8-24-14/h3-5,8,11-12,15H,1-2,6-7,9-10H2. The van der Waals surface area contributed by atoms with Crippen LogP contribution in [0.5, 0.6) is 0 Å². The van der Waals surface area contributed by atoms with Gasteiger partial charge in [-0.3, -0.25) is 4.79 Å². The minimum absolute atomic E-state index is 0.0296. The Kier molecular flexibility index (Phi) is 4.59. The van der Waals surface area contributed by atoms with Gasteiger partial charge in [0.15, 0.2) is 0 Å². The predicted molar refractivity (Wildman–Crippen MR) is 85.6 cm³/mol. The third-order valence-electron chi connectivity index (χ3n) is 4.67. The van der Waals surface area contributed by atoms with Crippen LogP contribution in [-0.4, -0.2) is 52.9 Å². The molecule has 2 fully saturated rings. The highest BCUT2D eigenvalue weighted by molar-refractivity contribution is 7.09. The molecule has 7 nitrogen and oxygen atoms in total. The zero-order valence-corrected chi connectivity index (χ0v) is 14.0. The summed E-state index contributed by atoms with van der Waals surface area (Å²) in [5.74, 6) is 0.495. The molecule has 0 spiro atoms. The summed E-state index contributed by atoms with van der Waals surface area (Å²) in [6, 6.07) is 1.70. The molecular formula is C16H19N3O4S. The summed E-state index contributed by atoms with van der Waals surface area (Å²) >= 11 is 1.59. The van der Waals surface area contributed by atoms with Crippen molar-refractivity contribution >= 4 is 17.2 Å². The molecule has 1 saturated carbocycles. The molecule has 1 saturated heterocycles. The third-order valence-corrected chi connectivity index (χ3v) is 5.42. The van der Waals surface area contributed by atoms with Crippen molar-refractivity contribution in [3.63, 3.8) is 0 Å². The van der Waals surface area contributed by atoms with Crippen LogP contribution in [0.3, 0.4) is 0 Å². The van der Waals surface area contributed by atoms with E-state index >= 15 is 0 Å². The Bertz CT molecular complexity index is 661. The molecular weight excluding hydrogens is 330 g/mol. The lowest BCUT2D eigenvalue weighted by molar-refractivity contribution is -0.0771. The maximum Gasteiger partial charge on any atom is 0.292 e. The number of morpholine rings is 1. The molecule has 0 N–H and O–H groups in total. The molecule has 0 aromatic carbocycles. The van der Waals surface area contributed by atoms with E-state index in [9.17, 15) is 4.79 Å². The number of hydrogen-bond acceptors (Lipinski definition) is 7. The lowest BCUT2D eigenvalue weighted by Crippen LogP contribution is -2.53. The Morgan fingerprint density at radius 1 is 1.42 bits per heavy atom. The number of hydrogen-bond donors (Lipinski definition) is 0. The predicted octanol–water partition coefficient (Wildman–Crippen LogP) is 1.97. The topological polar surface area (TPSA) is 77.7 Å². The monoisotopic (exact) mass is 349 g/mol. The van der Waals surface area contributed by atoms with E-state index in [1.54, 1.807) is 23.6 Å². The molecule has 1 amide bonds. The Morgan fingerprint density at radius 2 is 2.38 bits per heavy atom. The highest BCUT2D eigenvalue weighted by Crippen LogP contribution is 2.35. The van der Waals surface area contributed by atoms with Crippen LogP contribution in [0.2, 0.25) is 0 Å². The number of nitrogens with zero attached hydrogens (tertiary/aromatic N) is 3. The molecule has 0 bridgehead atoms. The average molecular weight is 349 g/mol. The van der Waals surface area contributed by atoms with Crippen LogP contribution in [0.1, 0.15) is 28.4 Å². The van der Waals surface area contributed by atoms with Gasteiger partial charge in [0.25, 0.3) is 5.91 Å². The summed E-state index contributed by atoms with van der Waals surface area (Å²) in [5, 5.41) is 6.55. The fourth-order valence-corrected chi connectivity index (χ4v) is 4.13. The quantitative estimate of drug-likeness (QED) is 0.821. The third kappa shape index (κ3) is 3.09. The van der Waals surface area contributed by atoms with Crippen LogP contribution < -0.4 is 0 Å². The maximum atomic E-state index is 12.6. The van der Waals surface area contributed by atoms with Crippen molar-refractivity contribution in [1.29, 1.82) is 0 Å². The molecule has 0 radical (unpaired) electrons. The van der Waals surface area contributed by atoms with Crippen LogP contribution in [-0.2, 0) is 16.1 Å². The van der Waals surface area contributed by atoms with Gasteiger partial charge >= 0.3 is 0 Å². The SMILES string of the molecule is O=C(c1ccno1)N1CCOC2C(COCc3nccs3)CCC21. The Morgan fingerprint density at radius 3 is 3.17 bits per heavy atom. The second-order valence-corrected chi connectivity index (χ2v) is 7.04. The summed E-state index contributed by atoms with van der Waals surface area (Å²) in [7, 11) is 0. The second-order valence-electron chi connectivity index (χ2n) is 6.06. The van der Waals surface area contributed by atoms with Crippen molar-refractivity contribution in [2.24, 2.45) is 5.92 Å². The number of thiazole rings is 1. The van der Waals surface area contributed by atoms with Gasteiger partial charge in [0, 0.05) is 30.1 Å². The van der Waals surface area contributed by atoms with E-state index in [1.165, 1.54) is 6.20 Å². The molecule has 3 heterocycles. The fourth-order valence-electron chi connectivity index (χ4n) is 3.58. The van der Waals surface area contributed by atoms with Gasteiger partial charge in [-0.25, -0.2) is 4.98 Å². The van der Waals surface area contributed by atoms with Crippen molar-refractivity contribution < 1.29 is 18.8 Å². The number of carbonyl (C=O) groups is 1. The number of carbonyl (C=O) groups excluding carboxylic acids is 1.